The number of carbonyl (C=O) groups excluding carboxylic acids is 2. The van der Waals surface area contributed by atoms with Crippen molar-refractivity contribution >= 4 is 29.2 Å². The van der Waals surface area contributed by atoms with Crippen LogP contribution in [-0.2, 0) is 9.59 Å². The Labute approximate surface area is 313 Å². The van der Waals surface area contributed by atoms with Gasteiger partial charge in [-0.2, -0.15) is 9.97 Å². The van der Waals surface area contributed by atoms with E-state index in [0.717, 1.165) is 89.4 Å². The Balaban J connectivity index is 1.11. The number of anilines is 3. The minimum Gasteiger partial charge on any atom is -0.369 e. The minimum atomic E-state index is -0.148. The number of carbonyl (C=O) groups is 2. The molecule has 0 spiro atoms. The molecule has 1 aromatic heterocycles. The van der Waals surface area contributed by atoms with E-state index >= 15 is 0 Å². The van der Waals surface area contributed by atoms with Crippen LogP contribution >= 0.6 is 0 Å². The van der Waals surface area contributed by atoms with Crippen LogP contribution < -0.4 is 15.5 Å². The van der Waals surface area contributed by atoms with Crippen molar-refractivity contribution in [3.63, 3.8) is 0 Å². The van der Waals surface area contributed by atoms with Crippen LogP contribution in [0.15, 0.2) is 66.8 Å². The lowest BCUT2D eigenvalue weighted by atomic mass is 9.52. The van der Waals surface area contributed by atoms with Gasteiger partial charge in [0.25, 0.3) is 0 Å². The SMILES string of the molecule is C=CCC(C)(C)CNc1cc(N2CCN(CC(=O)[C@H]3[C@H](C)C[C@H]4[C@@H]5CCC6=CC(=O)C=C[C@]6(C)C5=CC[C@@]43C)CC2)nc(NCC(C)(C)CC=C)n1. The fraction of sp³-hybridized carbons (Fsp3) is 0.636. The number of aromatic nitrogens is 2. The Morgan fingerprint density at radius 3 is 2.37 bits per heavy atom. The molecule has 2 saturated carbocycles. The number of nitrogens with zero attached hydrogens (tertiary/aromatic N) is 4. The Morgan fingerprint density at radius 2 is 1.69 bits per heavy atom. The van der Waals surface area contributed by atoms with Gasteiger partial charge in [0.05, 0.1) is 6.54 Å². The van der Waals surface area contributed by atoms with Crippen molar-refractivity contribution in [3.8, 4) is 0 Å². The molecular weight excluding hydrogens is 645 g/mol. The fourth-order valence-corrected chi connectivity index (χ4v) is 10.4. The molecule has 1 aliphatic heterocycles. The van der Waals surface area contributed by atoms with Crippen molar-refractivity contribution < 1.29 is 9.59 Å². The molecule has 52 heavy (non-hydrogen) atoms. The van der Waals surface area contributed by atoms with Crippen LogP contribution in [0.2, 0.25) is 0 Å². The average Bonchev–Trinajstić information content (AvgIpc) is 3.37. The van der Waals surface area contributed by atoms with Gasteiger partial charge in [-0.1, -0.05) is 77.0 Å². The Kier molecular flexibility index (Phi) is 10.8. The first kappa shape index (κ1) is 38.2. The van der Waals surface area contributed by atoms with Gasteiger partial charge in [0.2, 0.25) is 5.95 Å². The summed E-state index contributed by atoms with van der Waals surface area (Å²) in [5.74, 6) is 4.32. The van der Waals surface area contributed by atoms with E-state index in [0.29, 0.717) is 36.0 Å². The maximum Gasteiger partial charge on any atom is 0.226 e. The molecule has 6 rings (SSSR count). The molecule has 0 amide bonds. The summed E-state index contributed by atoms with van der Waals surface area (Å²) >= 11 is 0. The molecule has 1 saturated heterocycles. The van der Waals surface area contributed by atoms with Gasteiger partial charge in [-0.15, -0.1) is 13.2 Å². The first-order valence-corrected chi connectivity index (χ1v) is 19.8. The molecule has 282 valence electrons. The van der Waals surface area contributed by atoms with Crippen molar-refractivity contribution in [2.45, 2.75) is 87.0 Å². The predicted molar refractivity (Wildman–Crippen MR) is 214 cm³/mol. The van der Waals surface area contributed by atoms with E-state index in [1.807, 2.05) is 18.2 Å². The van der Waals surface area contributed by atoms with Crippen LogP contribution in [0, 0.1) is 45.3 Å². The van der Waals surface area contributed by atoms with Crippen LogP contribution in [0.3, 0.4) is 0 Å². The highest BCUT2D eigenvalue weighted by Gasteiger charge is 2.59. The second-order valence-corrected chi connectivity index (χ2v) is 18.6. The van der Waals surface area contributed by atoms with E-state index in [-0.39, 0.29) is 33.4 Å². The van der Waals surface area contributed by atoms with Crippen LogP contribution in [0.5, 0.6) is 0 Å². The van der Waals surface area contributed by atoms with Crippen molar-refractivity contribution in [2.75, 3.05) is 61.3 Å². The van der Waals surface area contributed by atoms with E-state index in [4.69, 9.17) is 9.97 Å². The van der Waals surface area contributed by atoms with Gasteiger partial charge in [-0.05, 0) is 91.6 Å². The minimum absolute atomic E-state index is 0.0213. The number of Topliss-reactive ketones (excluding diaryl/α,β-unsaturated/α-hetero) is 1. The zero-order valence-electron chi connectivity index (χ0n) is 33.1. The summed E-state index contributed by atoms with van der Waals surface area (Å²) in [6.45, 7) is 29.1. The molecule has 1 aromatic rings. The molecule has 2 heterocycles. The molecule has 3 fully saturated rings. The number of hydrogen-bond donors (Lipinski definition) is 2. The van der Waals surface area contributed by atoms with Crippen molar-refractivity contribution in [1.29, 1.82) is 0 Å². The summed E-state index contributed by atoms with van der Waals surface area (Å²) in [5, 5.41) is 7.09. The molecule has 0 unspecified atom stereocenters. The Bertz CT molecular complexity index is 1600. The number of piperazine rings is 1. The van der Waals surface area contributed by atoms with Crippen LogP contribution in [0.25, 0.3) is 0 Å². The zero-order valence-corrected chi connectivity index (χ0v) is 33.1. The number of ketones is 2. The quantitative estimate of drug-likeness (QED) is 0.187. The molecule has 0 radical (unpaired) electrons. The summed E-state index contributed by atoms with van der Waals surface area (Å²) in [4.78, 5) is 41.1. The van der Waals surface area contributed by atoms with Gasteiger partial charge in [0.1, 0.15) is 11.6 Å². The lowest BCUT2D eigenvalue weighted by molar-refractivity contribution is -0.129. The van der Waals surface area contributed by atoms with Crippen molar-refractivity contribution in [2.24, 2.45) is 45.3 Å². The number of allylic oxidation sites excluding steroid dienone is 8. The van der Waals surface area contributed by atoms with E-state index in [1.165, 1.54) is 11.1 Å². The third kappa shape index (κ3) is 7.74. The van der Waals surface area contributed by atoms with E-state index in [2.05, 4.69) is 100 Å². The zero-order chi connectivity index (χ0) is 37.5. The van der Waals surface area contributed by atoms with Gasteiger partial charge < -0.3 is 15.5 Å². The number of fused-ring (bicyclic) bond motifs is 5. The Hall–Kier alpha value is -3.52. The predicted octanol–water partition coefficient (Wildman–Crippen LogP) is 8.29. The van der Waals surface area contributed by atoms with Crippen LogP contribution in [-0.4, -0.2) is 72.2 Å². The number of hydrogen-bond acceptors (Lipinski definition) is 8. The standard InChI is InChI=1S/C44H64N6O2/c1-10-16-41(4,5)28-45-37-26-38(48-40(47-37)46-29-42(6,7)17-11-2)50-22-20-49(21-23-50)27-36(52)39-30(3)24-35-33-13-12-31-25-32(51)14-18-43(31,8)34(33)15-19-44(35,39)9/h10-11,14-15,18,25-26,30,33,35,39H,1-2,12-13,16-17,19-24,27-29H2,3-9H3,(H2,45,46,47,48)/t30-,33-,35+,39-,43+,44+/m1/s1. The van der Waals surface area contributed by atoms with Gasteiger partial charge in [0, 0.05) is 56.7 Å². The summed E-state index contributed by atoms with van der Waals surface area (Å²) in [7, 11) is 0. The molecule has 0 bridgehead atoms. The molecular formula is C44H64N6O2. The second-order valence-electron chi connectivity index (χ2n) is 18.6. The van der Waals surface area contributed by atoms with E-state index < -0.39 is 0 Å². The van der Waals surface area contributed by atoms with Gasteiger partial charge >= 0.3 is 0 Å². The molecule has 8 nitrogen and oxygen atoms in total. The van der Waals surface area contributed by atoms with Crippen molar-refractivity contribution in [3.05, 3.63) is 66.8 Å². The first-order valence-electron chi connectivity index (χ1n) is 19.8. The summed E-state index contributed by atoms with van der Waals surface area (Å²) in [6.07, 6.45) is 18.1. The highest BCUT2D eigenvalue weighted by Crippen LogP contribution is 2.65. The highest BCUT2D eigenvalue weighted by molar-refractivity contribution is 6.01. The molecule has 6 atom stereocenters. The maximum absolute atomic E-state index is 14.3. The largest absolute Gasteiger partial charge is 0.369 e. The van der Waals surface area contributed by atoms with Crippen LogP contribution in [0.1, 0.15) is 87.0 Å². The molecule has 2 N–H and O–H groups in total. The molecule has 5 aliphatic rings. The normalized spacial score (nSPS) is 30.4. The lowest BCUT2D eigenvalue weighted by Gasteiger charge is -2.52. The van der Waals surface area contributed by atoms with E-state index in [1.54, 1.807) is 6.08 Å². The van der Waals surface area contributed by atoms with Gasteiger partial charge in [-0.25, -0.2) is 0 Å². The smallest absolute Gasteiger partial charge is 0.226 e. The van der Waals surface area contributed by atoms with Crippen molar-refractivity contribution in [1.82, 2.24) is 14.9 Å². The average molecular weight is 709 g/mol. The summed E-state index contributed by atoms with van der Waals surface area (Å²) in [6, 6.07) is 2.07. The third-order valence-electron chi connectivity index (χ3n) is 13.3. The molecule has 8 heteroatoms. The number of nitrogens with one attached hydrogen (secondary N) is 2. The second kappa shape index (κ2) is 14.7. The molecule has 0 aromatic carbocycles. The Morgan fingerprint density at radius 1 is 1.02 bits per heavy atom. The van der Waals surface area contributed by atoms with Gasteiger partial charge in [0.15, 0.2) is 11.6 Å². The highest BCUT2D eigenvalue weighted by atomic mass is 16.1. The monoisotopic (exact) mass is 709 g/mol. The number of rotatable bonds is 14. The fourth-order valence-electron chi connectivity index (χ4n) is 10.4. The van der Waals surface area contributed by atoms with E-state index in [9.17, 15) is 9.59 Å². The lowest BCUT2D eigenvalue weighted by Crippen LogP contribution is -2.51. The maximum atomic E-state index is 14.3. The van der Waals surface area contributed by atoms with Gasteiger partial charge in [-0.3, -0.25) is 14.5 Å². The third-order valence-corrected chi connectivity index (χ3v) is 13.3. The van der Waals surface area contributed by atoms with Crippen LogP contribution in [0.4, 0.5) is 17.6 Å². The first-order chi connectivity index (χ1) is 24.6. The topological polar surface area (TPSA) is 90.5 Å². The summed E-state index contributed by atoms with van der Waals surface area (Å²) < 4.78 is 0. The molecule has 4 aliphatic carbocycles. The summed E-state index contributed by atoms with van der Waals surface area (Å²) in [5.41, 5.74) is 2.68.